The van der Waals surface area contributed by atoms with E-state index in [-0.39, 0.29) is 0 Å². The molecule has 1 fully saturated rings. The van der Waals surface area contributed by atoms with Gasteiger partial charge in [0.1, 0.15) is 5.67 Å². The lowest BCUT2D eigenvalue weighted by molar-refractivity contribution is 0.221. The normalized spacial score (nSPS) is 19.4. The summed E-state index contributed by atoms with van der Waals surface area (Å²) in [6.45, 7) is 5.19. The summed E-state index contributed by atoms with van der Waals surface area (Å²) in [5, 5.41) is 7.56. The summed E-state index contributed by atoms with van der Waals surface area (Å²) in [6.07, 6.45) is 5.64. The maximum Gasteiger partial charge on any atom is 0.133 e. The SMILES string of the molecule is CC(C)(F)c1cnn(C2CCNCC2)c1. The zero-order valence-corrected chi connectivity index (χ0v) is 9.33. The maximum absolute atomic E-state index is 13.6. The van der Waals surface area contributed by atoms with Gasteiger partial charge >= 0.3 is 0 Å². The zero-order chi connectivity index (χ0) is 10.9. The molecule has 1 N–H and O–H groups in total. The molecule has 0 aromatic carbocycles. The largest absolute Gasteiger partial charge is 0.317 e. The Labute approximate surface area is 89.7 Å². The highest BCUT2D eigenvalue weighted by Crippen LogP contribution is 2.26. The summed E-state index contributed by atoms with van der Waals surface area (Å²) in [4.78, 5) is 0. The van der Waals surface area contributed by atoms with Crippen LogP contribution < -0.4 is 5.32 Å². The number of nitrogens with zero attached hydrogens (tertiary/aromatic N) is 2. The van der Waals surface area contributed by atoms with Crippen molar-refractivity contribution >= 4 is 0 Å². The average molecular weight is 211 g/mol. The molecule has 1 aromatic heterocycles. The maximum atomic E-state index is 13.6. The first-order chi connectivity index (χ1) is 7.07. The number of hydrogen-bond acceptors (Lipinski definition) is 2. The average Bonchev–Trinajstić information content (AvgIpc) is 2.67. The van der Waals surface area contributed by atoms with Gasteiger partial charge in [0.2, 0.25) is 0 Å². The van der Waals surface area contributed by atoms with Crippen LogP contribution in [0.25, 0.3) is 0 Å². The fourth-order valence-electron chi connectivity index (χ4n) is 1.92. The standard InChI is InChI=1S/C11H18FN3/c1-11(2,12)9-7-14-15(8-9)10-3-5-13-6-4-10/h7-8,10,13H,3-6H2,1-2H3. The minimum atomic E-state index is -1.29. The fraction of sp³-hybridized carbons (Fsp3) is 0.727. The van der Waals surface area contributed by atoms with Gasteiger partial charge in [-0.1, -0.05) is 0 Å². The van der Waals surface area contributed by atoms with Gasteiger partial charge in [-0.25, -0.2) is 4.39 Å². The molecular weight excluding hydrogens is 193 g/mol. The third-order valence-electron chi connectivity index (χ3n) is 2.97. The van der Waals surface area contributed by atoms with E-state index in [2.05, 4.69) is 10.4 Å². The molecule has 1 saturated heterocycles. The van der Waals surface area contributed by atoms with Gasteiger partial charge in [-0.05, 0) is 39.8 Å². The zero-order valence-electron chi connectivity index (χ0n) is 9.33. The van der Waals surface area contributed by atoms with E-state index >= 15 is 0 Å². The quantitative estimate of drug-likeness (QED) is 0.811. The predicted octanol–water partition coefficient (Wildman–Crippen LogP) is 2.01. The van der Waals surface area contributed by atoms with E-state index in [1.54, 1.807) is 20.0 Å². The van der Waals surface area contributed by atoms with Crippen molar-refractivity contribution in [2.75, 3.05) is 13.1 Å². The van der Waals surface area contributed by atoms with E-state index in [1.165, 1.54) is 0 Å². The van der Waals surface area contributed by atoms with Crippen molar-refractivity contribution in [3.05, 3.63) is 18.0 Å². The van der Waals surface area contributed by atoms with Crippen molar-refractivity contribution in [3.8, 4) is 0 Å². The molecular formula is C11H18FN3. The molecule has 2 rings (SSSR count). The van der Waals surface area contributed by atoms with Crippen LogP contribution in [0.2, 0.25) is 0 Å². The number of rotatable bonds is 2. The molecule has 0 atom stereocenters. The highest BCUT2D eigenvalue weighted by molar-refractivity contribution is 5.13. The molecule has 0 amide bonds. The number of aromatic nitrogens is 2. The van der Waals surface area contributed by atoms with Crippen LogP contribution in [0.15, 0.2) is 12.4 Å². The van der Waals surface area contributed by atoms with Gasteiger partial charge in [0.25, 0.3) is 0 Å². The smallest absolute Gasteiger partial charge is 0.133 e. The van der Waals surface area contributed by atoms with Gasteiger partial charge in [-0.15, -0.1) is 0 Å². The van der Waals surface area contributed by atoms with Gasteiger partial charge in [-0.3, -0.25) is 4.68 Å². The van der Waals surface area contributed by atoms with Crippen LogP contribution in [-0.4, -0.2) is 22.9 Å². The Hall–Kier alpha value is -0.900. The molecule has 1 aliphatic heterocycles. The van der Waals surface area contributed by atoms with E-state index in [0.29, 0.717) is 11.6 Å². The van der Waals surface area contributed by atoms with E-state index in [4.69, 9.17) is 0 Å². The van der Waals surface area contributed by atoms with Crippen molar-refractivity contribution < 1.29 is 4.39 Å². The van der Waals surface area contributed by atoms with Crippen molar-refractivity contribution in [3.63, 3.8) is 0 Å². The molecule has 0 radical (unpaired) electrons. The van der Waals surface area contributed by atoms with E-state index in [9.17, 15) is 4.39 Å². The van der Waals surface area contributed by atoms with Crippen LogP contribution in [0.3, 0.4) is 0 Å². The summed E-state index contributed by atoms with van der Waals surface area (Å²) in [7, 11) is 0. The molecule has 0 aliphatic carbocycles. The lowest BCUT2D eigenvalue weighted by atomic mass is 10.0. The molecule has 84 valence electrons. The Morgan fingerprint density at radius 1 is 1.47 bits per heavy atom. The number of alkyl halides is 1. The van der Waals surface area contributed by atoms with Crippen molar-refractivity contribution in [2.45, 2.75) is 38.4 Å². The number of hydrogen-bond donors (Lipinski definition) is 1. The first kappa shape index (κ1) is 10.6. The van der Waals surface area contributed by atoms with Crippen LogP contribution in [0.1, 0.15) is 38.3 Å². The molecule has 15 heavy (non-hydrogen) atoms. The Balaban J connectivity index is 2.12. The summed E-state index contributed by atoms with van der Waals surface area (Å²) in [5.74, 6) is 0. The van der Waals surface area contributed by atoms with Crippen LogP contribution >= 0.6 is 0 Å². The summed E-state index contributed by atoms with van der Waals surface area (Å²) < 4.78 is 15.6. The monoisotopic (exact) mass is 211 g/mol. The lowest BCUT2D eigenvalue weighted by Crippen LogP contribution is -2.29. The van der Waals surface area contributed by atoms with Crippen LogP contribution in [0.4, 0.5) is 4.39 Å². The van der Waals surface area contributed by atoms with Crippen molar-refractivity contribution in [2.24, 2.45) is 0 Å². The fourth-order valence-corrected chi connectivity index (χ4v) is 1.92. The molecule has 1 aliphatic rings. The van der Waals surface area contributed by atoms with Gasteiger partial charge in [0.15, 0.2) is 0 Å². The second-order valence-electron chi connectivity index (χ2n) is 4.66. The Morgan fingerprint density at radius 2 is 2.13 bits per heavy atom. The summed E-state index contributed by atoms with van der Waals surface area (Å²) >= 11 is 0. The van der Waals surface area contributed by atoms with E-state index in [0.717, 1.165) is 25.9 Å². The second kappa shape index (κ2) is 3.93. The Morgan fingerprint density at radius 3 is 2.67 bits per heavy atom. The predicted molar refractivity (Wildman–Crippen MR) is 57.5 cm³/mol. The van der Waals surface area contributed by atoms with Gasteiger partial charge in [0, 0.05) is 11.8 Å². The third-order valence-corrected chi connectivity index (χ3v) is 2.97. The van der Waals surface area contributed by atoms with Crippen molar-refractivity contribution in [1.29, 1.82) is 0 Å². The highest BCUT2D eigenvalue weighted by Gasteiger charge is 2.23. The van der Waals surface area contributed by atoms with E-state index in [1.807, 2.05) is 10.9 Å². The Kier molecular flexibility index (Phi) is 2.78. The van der Waals surface area contributed by atoms with E-state index < -0.39 is 5.67 Å². The molecule has 1 aromatic rings. The van der Waals surface area contributed by atoms with Gasteiger partial charge in [0.05, 0.1) is 12.2 Å². The van der Waals surface area contributed by atoms with Gasteiger partial charge < -0.3 is 5.32 Å². The molecule has 0 unspecified atom stereocenters. The van der Waals surface area contributed by atoms with Crippen LogP contribution in [0, 0.1) is 0 Å². The number of piperidine rings is 1. The minimum Gasteiger partial charge on any atom is -0.317 e. The first-order valence-corrected chi connectivity index (χ1v) is 5.51. The molecule has 0 saturated carbocycles. The summed E-state index contributed by atoms with van der Waals surface area (Å²) in [5.41, 5.74) is -0.619. The number of nitrogens with one attached hydrogen (secondary N) is 1. The topological polar surface area (TPSA) is 29.9 Å². The third kappa shape index (κ3) is 2.37. The molecule has 4 heteroatoms. The summed E-state index contributed by atoms with van der Waals surface area (Å²) in [6, 6.07) is 0.433. The molecule has 0 bridgehead atoms. The molecule has 2 heterocycles. The first-order valence-electron chi connectivity index (χ1n) is 5.51. The minimum absolute atomic E-state index is 0.433. The Bertz CT molecular complexity index is 321. The van der Waals surface area contributed by atoms with Crippen LogP contribution in [-0.2, 0) is 5.67 Å². The van der Waals surface area contributed by atoms with Gasteiger partial charge in [-0.2, -0.15) is 5.10 Å². The number of halogens is 1. The lowest BCUT2D eigenvalue weighted by Gasteiger charge is -2.23. The second-order valence-corrected chi connectivity index (χ2v) is 4.66. The molecule has 3 nitrogen and oxygen atoms in total. The van der Waals surface area contributed by atoms with Crippen molar-refractivity contribution in [1.82, 2.24) is 15.1 Å². The van der Waals surface area contributed by atoms with Crippen LogP contribution in [0.5, 0.6) is 0 Å². The highest BCUT2D eigenvalue weighted by atomic mass is 19.1. The molecule has 0 spiro atoms.